The number of carbonyl (C=O) groups is 2. The summed E-state index contributed by atoms with van der Waals surface area (Å²) in [6.07, 6.45) is 1.80. The summed E-state index contributed by atoms with van der Waals surface area (Å²) in [4.78, 5) is 29.9. The number of hydrogen-bond acceptors (Lipinski definition) is 4. The van der Waals surface area contributed by atoms with Crippen LogP contribution in [0.5, 0.6) is 0 Å². The molecule has 0 saturated heterocycles. The maximum Gasteiger partial charge on any atom is 0.264 e. The van der Waals surface area contributed by atoms with Gasteiger partial charge in [-0.3, -0.25) is 13.9 Å². The van der Waals surface area contributed by atoms with Crippen LogP contribution >= 0.6 is 34.8 Å². The minimum Gasteiger partial charge on any atom is -0.354 e. The van der Waals surface area contributed by atoms with Crippen molar-refractivity contribution in [1.82, 2.24) is 10.2 Å². The van der Waals surface area contributed by atoms with E-state index < -0.39 is 28.5 Å². The Morgan fingerprint density at radius 2 is 1.48 bits per heavy atom. The smallest absolute Gasteiger partial charge is 0.264 e. The van der Waals surface area contributed by atoms with Crippen molar-refractivity contribution in [3.63, 3.8) is 0 Å². The minimum atomic E-state index is -4.24. The number of halogens is 3. The first-order valence-corrected chi connectivity index (χ1v) is 17.5. The molecular weight excluding hydrogens is 665 g/mol. The Hall–Kier alpha value is -3.56. The first kappa shape index (κ1) is 35.3. The molecule has 0 bridgehead atoms. The largest absolute Gasteiger partial charge is 0.354 e. The quantitative estimate of drug-likeness (QED) is 0.137. The Morgan fingerprint density at radius 3 is 2.09 bits per heavy atom. The zero-order chi connectivity index (χ0) is 33.3. The van der Waals surface area contributed by atoms with Crippen LogP contribution in [0.4, 0.5) is 5.69 Å². The van der Waals surface area contributed by atoms with Crippen molar-refractivity contribution in [3.8, 4) is 0 Å². The molecule has 1 N–H and O–H groups in total. The van der Waals surface area contributed by atoms with Crippen molar-refractivity contribution in [2.24, 2.45) is 0 Å². The van der Waals surface area contributed by atoms with E-state index in [1.54, 1.807) is 61.5 Å². The van der Waals surface area contributed by atoms with E-state index in [-0.39, 0.29) is 29.5 Å². The van der Waals surface area contributed by atoms with Gasteiger partial charge in [0.1, 0.15) is 12.6 Å². The van der Waals surface area contributed by atoms with Crippen LogP contribution in [-0.4, -0.2) is 44.3 Å². The predicted octanol–water partition coefficient (Wildman–Crippen LogP) is 7.71. The Morgan fingerprint density at radius 1 is 0.848 bits per heavy atom. The van der Waals surface area contributed by atoms with E-state index in [4.69, 9.17) is 34.8 Å². The summed E-state index contributed by atoms with van der Waals surface area (Å²) in [5.74, 6) is -0.981. The van der Waals surface area contributed by atoms with Gasteiger partial charge in [0, 0.05) is 40.1 Å². The summed E-state index contributed by atoms with van der Waals surface area (Å²) < 4.78 is 29.4. The van der Waals surface area contributed by atoms with E-state index in [0.717, 1.165) is 22.7 Å². The number of rotatable bonds is 14. The zero-order valence-corrected chi connectivity index (χ0v) is 28.7. The third kappa shape index (κ3) is 8.82. The SMILES string of the molecule is CCCCNC(=O)[C@H](Cc1ccccc1)N(Cc1c(Cl)cccc1Cl)C(=O)CN(c1ccc(Cl)cc1C)S(=O)(=O)c1ccccc1. The van der Waals surface area contributed by atoms with Gasteiger partial charge in [0.15, 0.2) is 0 Å². The molecule has 4 aromatic rings. The molecule has 0 aliphatic rings. The van der Waals surface area contributed by atoms with Crippen molar-refractivity contribution in [1.29, 1.82) is 0 Å². The number of amides is 2. The molecule has 0 aromatic heterocycles. The second kappa shape index (κ2) is 16.3. The number of aryl methyl sites for hydroxylation is 1. The lowest BCUT2D eigenvalue weighted by atomic mass is 10.0. The number of sulfonamides is 1. The van der Waals surface area contributed by atoms with Crippen LogP contribution in [0.3, 0.4) is 0 Å². The lowest BCUT2D eigenvalue weighted by molar-refractivity contribution is -0.140. The lowest BCUT2D eigenvalue weighted by Gasteiger charge is -2.34. The highest BCUT2D eigenvalue weighted by Crippen LogP contribution is 2.31. The van der Waals surface area contributed by atoms with Crippen molar-refractivity contribution in [2.45, 2.75) is 50.6 Å². The lowest BCUT2D eigenvalue weighted by Crippen LogP contribution is -2.53. The van der Waals surface area contributed by atoms with Gasteiger partial charge in [-0.05, 0) is 66.9 Å². The first-order chi connectivity index (χ1) is 22.0. The number of nitrogens with one attached hydrogen (secondary N) is 1. The second-order valence-corrected chi connectivity index (χ2v) is 13.9. The minimum absolute atomic E-state index is 0.0102. The van der Waals surface area contributed by atoms with E-state index >= 15 is 0 Å². The van der Waals surface area contributed by atoms with Gasteiger partial charge in [0.05, 0.1) is 10.6 Å². The second-order valence-electron chi connectivity index (χ2n) is 10.8. The van der Waals surface area contributed by atoms with E-state index in [1.807, 2.05) is 37.3 Å². The van der Waals surface area contributed by atoms with Crippen LogP contribution in [0.2, 0.25) is 15.1 Å². The van der Waals surface area contributed by atoms with Crippen molar-refractivity contribution >= 4 is 62.3 Å². The molecule has 0 aliphatic heterocycles. The van der Waals surface area contributed by atoms with Gasteiger partial charge in [-0.15, -0.1) is 0 Å². The summed E-state index contributed by atoms with van der Waals surface area (Å²) in [7, 11) is -4.24. The number of unbranched alkanes of at least 4 members (excludes halogenated alkanes) is 1. The molecule has 0 spiro atoms. The molecule has 1 atom stereocenters. The molecule has 0 fully saturated rings. The number of carbonyl (C=O) groups excluding carboxylic acids is 2. The molecule has 0 aliphatic carbocycles. The standard InChI is InChI=1S/C35H36Cl3N3O4S/c1-3-4-20-39-35(43)33(22-26-12-7-5-8-13-26)40(23-29-30(37)16-11-17-31(29)38)34(42)24-41(32-19-18-27(36)21-25(32)2)46(44,45)28-14-9-6-10-15-28/h5-19,21,33H,3-4,20,22-24H2,1-2H3,(H,39,43)/t33-/m0/s1. The number of nitrogens with zero attached hydrogens (tertiary/aromatic N) is 2. The highest BCUT2D eigenvalue weighted by atomic mass is 35.5. The summed E-state index contributed by atoms with van der Waals surface area (Å²) >= 11 is 19.4. The van der Waals surface area contributed by atoms with Crippen molar-refractivity contribution in [2.75, 3.05) is 17.4 Å². The fraction of sp³-hybridized carbons (Fsp3) is 0.257. The highest BCUT2D eigenvalue weighted by Gasteiger charge is 2.35. The fourth-order valence-electron chi connectivity index (χ4n) is 5.05. The van der Waals surface area contributed by atoms with Gasteiger partial charge < -0.3 is 10.2 Å². The first-order valence-electron chi connectivity index (χ1n) is 14.9. The van der Waals surface area contributed by atoms with Crippen LogP contribution in [0, 0.1) is 6.92 Å². The molecular formula is C35H36Cl3N3O4S. The van der Waals surface area contributed by atoms with Gasteiger partial charge in [-0.2, -0.15) is 0 Å². The average Bonchev–Trinajstić information content (AvgIpc) is 3.04. The molecule has 46 heavy (non-hydrogen) atoms. The number of anilines is 1. The molecule has 0 saturated carbocycles. The predicted molar refractivity (Wildman–Crippen MR) is 186 cm³/mol. The van der Waals surface area contributed by atoms with Gasteiger partial charge in [0.2, 0.25) is 11.8 Å². The van der Waals surface area contributed by atoms with Crippen LogP contribution in [0.1, 0.15) is 36.5 Å². The van der Waals surface area contributed by atoms with Gasteiger partial charge in [0.25, 0.3) is 10.0 Å². The summed E-state index contributed by atoms with van der Waals surface area (Å²) in [5.41, 5.74) is 2.10. The third-order valence-corrected chi connectivity index (χ3v) is 10.2. The Balaban J connectivity index is 1.84. The van der Waals surface area contributed by atoms with Crippen LogP contribution in [-0.2, 0) is 32.6 Å². The monoisotopic (exact) mass is 699 g/mol. The Kier molecular flexibility index (Phi) is 12.5. The molecule has 7 nitrogen and oxygen atoms in total. The fourth-order valence-corrected chi connectivity index (χ4v) is 7.29. The van der Waals surface area contributed by atoms with Gasteiger partial charge in [-0.1, -0.05) is 103 Å². The summed E-state index contributed by atoms with van der Waals surface area (Å²) in [6, 6.07) is 26.0. The van der Waals surface area contributed by atoms with Crippen LogP contribution < -0.4 is 9.62 Å². The summed E-state index contributed by atoms with van der Waals surface area (Å²) in [5, 5.41) is 4.02. The Labute approximate surface area is 286 Å². The van der Waals surface area contributed by atoms with Gasteiger partial charge in [-0.25, -0.2) is 8.42 Å². The zero-order valence-electron chi connectivity index (χ0n) is 25.6. The molecule has 4 aromatic carbocycles. The van der Waals surface area contributed by atoms with Crippen LogP contribution in [0.25, 0.3) is 0 Å². The topological polar surface area (TPSA) is 86.8 Å². The molecule has 4 rings (SSSR count). The van der Waals surface area contributed by atoms with E-state index in [2.05, 4.69) is 5.32 Å². The molecule has 0 radical (unpaired) electrons. The highest BCUT2D eigenvalue weighted by molar-refractivity contribution is 7.92. The van der Waals surface area contributed by atoms with Crippen LogP contribution in [0.15, 0.2) is 102 Å². The number of hydrogen-bond donors (Lipinski definition) is 1. The maximum atomic E-state index is 14.6. The maximum absolute atomic E-state index is 14.6. The molecule has 11 heteroatoms. The molecule has 0 unspecified atom stereocenters. The van der Waals surface area contributed by atoms with Crippen molar-refractivity contribution in [3.05, 3.63) is 129 Å². The molecule has 0 heterocycles. The van der Waals surface area contributed by atoms with E-state index in [0.29, 0.717) is 32.7 Å². The normalized spacial score (nSPS) is 11.9. The van der Waals surface area contributed by atoms with Crippen molar-refractivity contribution < 1.29 is 18.0 Å². The Bertz CT molecular complexity index is 1740. The third-order valence-electron chi connectivity index (χ3n) is 7.53. The van der Waals surface area contributed by atoms with E-state index in [9.17, 15) is 18.0 Å². The molecule has 242 valence electrons. The number of benzene rings is 4. The van der Waals surface area contributed by atoms with E-state index in [1.165, 1.54) is 17.0 Å². The molecule has 2 amide bonds. The average molecular weight is 701 g/mol. The van der Waals surface area contributed by atoms with Gasteiger partial charge >= 0.3 is 0 Å². The summed E-state index contributed by atoms with van der Waals surface area (Å²) in [6.45, 7) is 3.43.